The molecule has 0 radical (unpaired) electrons. The molecule has 0 spiro atoms. The Kier molecular flexibility index (Phi) is 3.25. The molecule has 2 heterocycles. The maximum absolute atomic E-state index is 12.2. The maximum atomic E-state index is 12.2. The van der Waals surface area contributed by atoms with Gasteiger partial charge in [0.25, 0.3) is 5.91 Å². The number of nitrogens with one attached hydrogen (secondary N) is 2. The van der Waals surface area contributed by atoms with E-state index < -0.39 is 0 Å². The van der Waals surface area contributed by atoms with Gasteiger partial charge in [0.15, 0.2) is 0 Å². The first-order valence-electron chi connectivity index (χ1n) is 6.79. The minimum absolute atomic E-state index is 0.00324. The summed E-state index contributed by atoms with van der Waals surface area (Å²) in [6, 6.07) is 10.1. The normalized spacial score (nSPS) is 20.6. The van der Waals surface area contributed by atoms with Crippen molar-refractivity contribution in [2.24, 2.45) is 0 Å². The number of fused-ring (bicyclic) bond motifs is 1. The molecule has 0 aliphatic carbocycles. The summed E-state index contributed by atoms with van der Waals surface area (Å²) in [6.45, 7) is 2.06. The van der Waals surface area contributed by atoms with Gasteiger partial charge >= 0.3 is 0 Å². The third-order valence-electron chi connectivity index (χ3n) is 3.73. The number of aromatic nitrogens is 1. The van der Waals surface area contributed by atoms with Gasteiger partial charge in [-0.25, -0.2) is 0 Å². The van der Waals surface area contributed by atoms with Gasteiger partial charge in [0, 0.05) is 23.5 Å². The molecule has 2 aromatic rings. The lowest BCUT2D eigenvalue weighted by Crippen LogP contribution is -2.46. The standard InChI is InChI=1S/C15H19N3O/c1-18-8-4-6-12(10-18)16-15(19)14-9-11-5-2-3-7-13(11)17-14/h2-3,5,7,9,12,17H,4,6,8,10H2,1H3,(H,16,19). The molecule has 2 N–H and O–H groups in total. The van der Waals surface area contributed by atoms with Gasteiger partial charge in [-0.15, -0.1) is 0 Å². The lowest BCUT2D eigenvalue weighted by molar-refractivity contribution is 0.0908. The summed E-state index contributed by atoms with van der Waals surface area (Å²) in [6.07, 6.45) is 2.21. The molecule has 1 amide bonds. The van der Waals surface area contributed by atoms with E-state index in [1.807, 2.05) is 30.3 Å². The van der Waals surface area contributed by atoms with Crippen LogP contribution in [0, 0.1) is 0 Å². The molecule has 3 rings (SSSR count). The van der Waals surface area contributed by atoms with Crippen molar-refractivity contribution < 1.29 is 4.79 Å². The fourth-order valence-electron chi connectivity index (χ4n) is 2.74. The third kappa shape index (κ3) is 2.63. The van der Waals surface area contributed by atoms with Gasteiger partial charge in [0.1, 0.15) is 5.69 Å². The number of hydrogen-bond donors (Lipinski definition) is 2. The van der Waals surface area contributed by atoms with Crippen LogP contribution >= 0.6 is 0 Å². The van der Waals surface area contributed by atoms with E-state index in [1.54, 1.807) is 0 Å². The fourth-order valence-corrected chi connectivity index (χ4v) is 2.74. The Bertz CT molecular complexity index is 557. The van der Waals surface area contributed by atoms with Crippen LogP contribution in [0.5, 0.6) is 0 Å². The molecule has 1 atom stereocenters. The molecular weight excluding hydrogens is 238 g/mol. The largest absolute Gasteiger partial charge is 0.351 e. The number of nitrogens with zero attached hydrogens (tertiary/aromatic N) is 1. The molecule has 0 bridgehead atoms. The Hall–Kier alpha value is -1.81. The van der Waals surface area contributed by atoms with Crippen molar-refractivity contribution >= 4 is 16.8 Å². The molecule has 4 heteroatoms. The Labute approximate surface area is 112 Å². The fraction of sp³-hybridized carbons (Fsp3) is 0.400. The molecule has 1 aromatic heterocycles. The van der Waals surface area contributed by atoms with Gasteiger partial charge in [0.2, 0.25) is 0 Å². The minimum Gasteiger partial charge on any atom is -0.351 e. The molecule has 1 unspecified atom stereocenters. The van der Waals surface area contributed by atoms with Crippen molar-refractivity contribution in [3.8, 4) is 0 Å². The van der Waals surface area contributed by atoms with Gasteiger partial charge < -0.3 is 15.2 Å². The topological polar surface area (TPSA) is 48.1 Å². The van der Waals surface area contributed by atoms with Crippen LogP contribution in [-0.4, -0.2) is 42.0 Å². The number of likely N-dealkylation sites (N-methyl/N-ethyl adjacent to an activating group) is 1. The van der Waals surface area contributed by atoms with E-state index in [0.717, 1.165) is 36.8 Å². The number of benzene rings is 1. The number of H-pyrrole nitrogens is 1. The summed E-state index contributed by atoms with van der Waals surface area (Å²) in [5, 5.41) is 4.19. The highest BCUT2D eigenvalue weighted by atomic mass is 16.1. The number of piperidine rings is 1. The van der Waals surface area contributed by atoms with E-state index in [2.05, 4.69) is 22.2 Å². The number of para-hydroxylation sites is 1. The Morgan fingerprint density at radius 2 is 2.26 bits per heavy atom. The van der Waals surface area contributed by atoms with Crippen LogP contribution in [0.1, 0.15) is 23.3 Å². The number of aromatic amines is 1. The van der Waals surface area contributed by atoms with Crippen LogP contribution in [0.2, 0.25) is 0 Å². The SMILES string of the molecule is CN1CCCC(NC(=O)c2cc3ccccc3[nH]2)C1. The maximum Gasteiger partial charge on any atom is 0.267 e. The molecule has 19 heavy (non-hydrogen) atoms. The lowest BCUT2D eigenvalue weighted by Gasteiger charge is -2.30. The second kappa shape index (κ2) is 5.05. The second-order valence-electron chi connectivity index (χ2n) is 5.35. The van der Waals surface area contributed by atoms with Crippen LogP contribution in [-0.2, 0) is 0 Å². The summed E-state index contributed by atoms with van der Waals surface area (Å²) in [4.78, 5) is 17.7. The quantitative estimate of drug-likeness (QED) is 0.864. The minimum atomic E-state index is -0.00324. The summed E-state index contributed by atoms with van der Waals surface area (Å²) in [5.41, 5.74) is 1.66. The molecule has 1 aromatic carbocycles. The zero-order chi connectivity index (χ0) is 13.2. The first-order valence-corrected chi connectivity index (χ1v) is 6.79. The predicted molar refractivity (Wildman–Crippen MR) is 76.3 cm³/mol. The van der Waals surface area contributed by atoms with Crippen molar-refractivity contribution in [3.63, 3.8) is 0 Å². The number of amides is 1. The smallest absolute Gasteiger partial charge is 0.267 e. The van der Waals surface area contributed by atoms with Gasteiger partial charge in [-0.2, -0.15) is 0 Å². The molecule has 1 fully saturated rings. The van der Waals surface area contributed by atoms with Gasteiger partial charge in [-0.05, 0) is 38.6 Å². The van der Waals surface area contributed by atoms with Crippen molar-refractivity contribution in [2.75, 3.05) is 20.1 Å². The average Bonchev–Trinajstić information content (AvgIpc) is 2.82. The highest BCUT2D eigenvalue weighted by Gasteiger charge is 2.20. The van der Waals surface area contributed by atoms with E-state index in [-0.39, 0.29) is 11.9 Å². The van der Waals surface area contributed by atoms with E-state index in [0.29, 0.717) is 5.69 Å². The molecule has 0 saturated carbocycles. The number of hydrogen-bond acceptors (Lipinski definition) is 2. The second-order valence-corrected chi connectivity index (χ2v) is 5.35. The summed E-state index contributed by atoms with van der Waals surface area (Å²) in [7, 11) is 2.10. The number of likely N-dealkylation sites (tertiary alicyclic amines) is 1. The molecular formula is C15H19N3O. The third-order valence-corrected chi connectivity index (χ3v) is 3.73. The highest BCUT2D eigenvalue weighted by molar-refractivity contribution is 5.98. The van der Waals surface area contributed by atoms with Crippen LogP contribution in [0.4, 0.5) is 0 Å². The zero-order valence-electron chi connectivity index (χ0n) is 11.1. The number of rotatable bonds is 2. The van der Waals surface area contributed by atoms with Gasteiger partial charge in [-0.3, -0.25) is 4.79 Å². The van der Waals surface area contributed by atoms with E-state index in [9.17, 15) is 4.79 Å². The van der Waals surface area contributed by atoms with E-state index >= 15 is 0 Å². The molecule has 100 valence electrons. The summed E-state index contributed by atoms with van der Waals surface area (Å²) in [5.74, 6) is -0.00324. The highest BCUT2D eigenvalue weighted by Crippen LogP contribution is 2.15. The first-order chi connectivity index (χ1) is 9.22. The van der Waals surface area contributed by atoms with Crippen molar-refractivity contribution in [1.29, 1.82) is 0 Å². The monoisotopic (exact) mass is 257 g/mol. The van der Waals surface area contributed by atoms with Crippen LogP contribution < -0.4 is 5.32 Å². The van der Waals surface area contributed by atoms with E-state index in [1.165, 1.54) is 0 Å². The van der Waals surface area contributed by atoms with Crippen molar-refractivity contribution in [1.82, 2.24) is 15.2 Å². The average molecular weight is 257 g/mol. The predicted octanol–water partition coefficient (Wildman–Crippen LogP) is 1.99. The van der Waals surface area contributed by atoms with Gasteiger partial charge in [-0.1, -0.05) is 18.2 Å². The summed E-state index contributed by atoms with van der Waals surface area (Å²) >= 11 is 0. The van der Waals surface area contributed by atoms with Crippen molar-refractivity contribution in [3.05, 3.63) is 36.0 Å². The number of carbonyl (C=O) groups excluding carboxylic acids is 1. The first kappa shape index (κ1) is 12.2. The van der Waals surface area contributed by atoms with Crippen LogP contribution in [0.3, 0.4) is 0 Å². The Balaban J connectivity index is 1.72. The van der Waals surface area contributed by atoms with Gasteiger partial charge in [0.05, 0.1) is 0 Å². The van der Waals surface area contributed by atoms with Crippen LogP contribution in [0.25, 0.3) is 10.9 Å². The Morgan fingerprint density at radius 3 is 3.05 bits per heavy atom. The molecule has 1 aliphatic heterocycles. The molecule has 4 nitrogen and oxygen atoms in total. The van der Waals surface area contributed by atoms with Crippen LogP contribution in [0.15, 0.2) is 30.3 Å². The van der Waals surface area contributed by atoms with E-state index in [4.69, 9.17) is 0 Å². The molecule has 1 saturated heterocycles. The number of carbonyl (C=O) groups is 1. The van der Waals surface area contributed by atoms with Crippen molar-refractivity contribution in [2.45, 2.75) is 18.9 Å². The Morgan fingerprint density at radius 1 is 1.42 bits per heavy atom. The summed E-state index contributed by atoms with van der Waals surface area (Å²) < 4.78 is 0. The molecule has 1 aliphatic rings. The zero-order valence-corrected chi connectivity index (χ0v) is 11.1. The lowest BCUT2D eigenvalue weighted by atomic mass is 10.1.